The Kier molecular flexibility index (Phi) is 8.04. The van der Waals surface area contributed by atoms with Crippen LogP contribution in [0.15, 0.2) is 36.5 Å². The average molecular weight is 501 g/mol. The third kappa shape index (κ3) is 6.97. The molecule has 14 heteroatoms. The Morgan fingerprint density at radius 2 is 1.60 bits per heavy atom. The van der Waals surface area contributed by atoms with E-state index in [1.54, 1.807) is 0 Å². The second-order valence-electron chi connectivity index (χ2n) is 6.97. The van der Waals surface area contributed by atoms with Gasteiger partial charge in [0.25, 0.3) is 0 Å². The zero-order valence-electron chi connectivity index (χ0n) is 18.6. The maximum atomic E-state index is 13.1. The summed E-state index contributed by atoms with van der Waals surface area (Å²) in [6.45, 7) is 4.87. The first-order chi connectivity index (χ1) is 16.6. The minimum absolute atomic E-state index is 0.00214. The molecule has 0 aromatic carbocycles. The lowest BCUT2D eigenvalue weighted by Crippen LogP contribution is -2.21. The first-order valence-electron chi connectivity index (χ1n) is 10.5. The summed E-state index contributed by atoms with van der Waals surface area (Å²) in [5.41, 5.74) is -2.49. The van der Waals surface area contributed by atoms with E-state index in [0.29, 0.717) is 19.6 Å². The number of nitrogens with zero attached hydrogens (tertiary/aromatic N) is 5. The summed E-state index contributed by atoms with van der Waals surface area (Å²) in [6, 6.07) is 5.10. The number of nitrogens with one attached hydrogen (secondary N) is 2. The van der Waals surface area contributed by atoms with Crippen LogP contribution in [0.25, 0.3) is 11.5 Å². The third-order valence-corrected chi connectivity index (χ3v) is 4.47. The van der Waals surface area contributed by atoms with Crippen LogP contribution in [0.5, 0.6) is 0 Å². The normalized spacial score (nSPS) is 15.8. The lowest BCUT2D eigenvalue weighted by Gasteiger charge is -2.14. The summed E-state index contributed by atoms with van der Waals surface area (Å²) >= 11 is 0. The number of aromatic nitrogens is 5. The molecule has 0 spiro atoms. The maximum Gasteiger partial charge on any atom is 0.433 e. The zero-order valence-corrected chi connectivity index (χ0v) is 18.6. The van der Waals surface area contributed by atoms with Crippen molar-refractivity contribution in [2.24, 2.45) is 0 Å². The quantitative estimate of drug-likeness (QED) is 0.453. The van der Waals surface area contributed by atoms with Gasteiger partial charge in [-0.05, 0) is 30.7 Å². The highest BCUT2D eigenvalue weighted by Crippen LogP contribution is 2.31. The van der Waals surface area contributed by atoms with Crippen molar-refractivity contribution in [1.82, 2.24) is 24.9 Å². The predicted molar refractivity (Wildman–Crippen MR) is 115 cm³/mol. The minimum Gasteiger partial charge on any atom is -0.379 e. The van der Waals surface area contributed by atoms with E-state index in [0.717, 1.165) is 24.4 Å². The molecular formula is C21H21F6N7O. The fourth-order valence-corrected chi connectivity index (χ4v) is 2.95. The number of pyridine rings is 2. The van der Waals surface area contributed by atoms with Gasteiger partial charge in [-0.2, -0.15) is 41.3 Å². The van der Waals surface area contributed by atoms with Crippen LogP contribution < -0.4 is 10.6 Å². The molecule has 2 N–H and O–H groups in total. The van der Waals surface area contributed by atoms with Crippen molar-refractivity contribution in [3.63, 3.8) is 0 Å². The third-order valence-electron chi connectivity index (χ3n) is 4.47. The van der Waals surface area contributed by atoms with Gasteiger partial charge in [0.1, 0.15) is 17.1 Å². The Balaban J connectivity index is 0.00000167. The first kappa shape index (κ1) is 26.1. The molecule has 0 saturated carbocycles. The largest absolute Gasteiger partial charge is 0.433 e. The summed E-state index contributed by atoms with van der Waals surface area (Å²) < 4.78 is 83.4. The second-order valence-corrected chi connectivity index (χ2v) is 6.97. The van der Waals surface area contributed by atoms with Gasteiger partial charge in [0.05, 0.1) is 12.6 Å². The number of halogens is 6. The highest BCUT2D eigenvalue weighted by Gasteiger charge is 2.33. The van der Waals surface area contributed by atoms with Gasteiger partial charge in [0, 0.05) is 18.5 Å². The van der Waals surface area contributed by atoms with Gasteiger partial charge in [0.15, 0.2) is 5.82 Å². The number of hydrogen-bond acceptors (Lipinski definition) is 8. The van der Waals surface area contributed by atoms with Crippen molar-refractivity contribution >= 4 is 17.6 Å². The fraction of sp³-hybridized carbons (Fsp3) is 0.381. The van der Waals surface area contributed by atoms with E-state index in [1.165, 1.54) is 12.1 Å². The number of alkyl halides is 6. The topological polar surface area (TPSA) is 97.7 Å². The van der Waals surface area contributed by atoms with Crippen LogP contribution in [0.3, 0.4) is 0 Å². The molecule has 0 bridgehead atoms. The Hall–Kier alpha value is -3.55. The molecule has 8 nitrogen and oxygen atoms in total. The second kappa shape index (κ2) is 10.8. The smallest absolute Gasteiger partial charge is 0.379 e. The fourth-order valence-electron chi connectivity index (χ4n) is 2.95. The lowest BCUT2D eigenvalue weighted by molar-refractivity contribution is -0.141. The number of anilines is 3. The number of rotatable bonds is 5. The first-order valence-corrected chi connectivity index (χ1v) is 10.5. The van der Waals surface area contributed by atoms with E-state index in [1.807, 2.05) is 13.8 Å². The molecule has 1 aliphatic rings. The Morgan fingerprint density at radius 3 is 2.26 bits per heavy atom. The Bertz CT molecular complexity index is 1130. The molecule has 0 aliphatic carbocycles. The average Bonchev–Trinajstić information content (AvgIpc) is 3.32. The van der Waals surface area contributed by atoms with Crippen LogP contribution in [-0.2, 0) is 17.1 Å². The molecule has 0 radical (unpaired) electrons. The highest BCUT2D eigenvalue weighted by molar-refractivity contribution is 5.59. The number of hydrogen-bond donors (Lipinski definition) is 2. The molecular weight excluding hydrogens is 480 g/mol. The molecule has 0 amide bonds. The van der Waals surface area contributed by atoms with Crippen LogP contribution in [0.2, 0.25) is 0 Å². The summed E-state index contributed by atoms with van der Waals surface area (Å²) in [4.78, 5) is 19.2. The summed E-state index contributed by atoms with van der Waals surface area (Å²) in [5.74, 6) is -0.396. The van der Waals surface area contributed by atoms with Crippen molar-refractivity contribution in [2.75, 3.05) is 23.8 Å². The molecule has 3 aromatic rings. The molecule has 1 saturated heterocycles. The lowest BCUT2D eigenvalue weighted by atomic mass is 10.2. The van der Waals surface area contributed by atoms with Crippen molar-refractivity contribution < 1.29 is 31.1 Å². The van der Waals surface area contributed by atoms with Gasteiger partial charge in [-0.15, -0.1) is 0 Å². The summed E-state index contributed by atoms with van der Waals surface area (Å²) in [7, 11) is 0. The molecule has 1 aliphatic heterocycles. The molecule has 1 unspecified atom stereocenters. The molecule has 188 valence electrons. The minimum atomic E-state index is -4.68. The van der Waals surface area contributed by atoms with Crippen molar-refractivity contribution in [3.05, 3.63) is 47.9 Å². The van der Waals surface area contributed by atoms with Crippen molar-refractivity contribution in [3.8, 4) is 11.5 Å². The van der Waals surface area contributed by atoms with Crippen molar-refractivity contribution in [1.29, 1.82) is 0 Å². The molecule has 1 fully saturated rings. The van der Waals surface area contributed by atoms with Crippen LogP contribution >= 0.6 is 0 Å². The highest BCUT2D eigenvalue weighted by atomic mass is 19.4. The van der Waals surface area contributed by atoms with Gasteiger partial charge < -0.3 is 15.4 Å². The Labute approximate surface area is 196 Å². The van der Waals surface area contributed by atoms with Crippen molar-refractivity contribution in [2.45, 2.75) is 38.7 Å². The standard InChI is InChI=1S/C19H15F6N7O.C2H6/c20-18(21,22)13-3-1-2-12(29-13)15-30-16(32-17(31-15)28-11-5-7-33-9-11)27-10-4-6-26-14(8-10)19(23,24)25;1-2/h1-4,6,8,11H,5,7,9H2,(H2,26,27,28,30,31,32);1-2H3. The van der Waals surface area contributed by atoms with Gasteiger partial charge >= 0.3 is 12.4 Å². The van der Waals surface area contributed by atoms with E-state index in [9.17, 15) is 26.3 Å². The molecule has 3 aromatic heterocycles. The van der Waals surface area contributed by atoms with Gasteiger partial charge in [-0.1, -0.05) is 19.9 Å². The van der Waals surface area contributed by atoms with Gasteiger partial charge in [-0.25, -0.2) is 4.98 Å². The van der Waals surface area contributed by atoms with Crippen LogP contribution in [-0.4, -0.2) is 44.2 Å². The van der Waals surface area contributed by atoms with E-state index in [4.69, 9.17) is 4.74 Å². The van der Waals surface area contributed by atoms with Crippen LogP contribution in [0.1, 0.15) is 31.7 Å². The maximum absolute atomic E-state index is 13.1. The predicted octanol–water partition coefficient (Wildman–Crippen LogP) is 5.34. The van der Waals surface area contributed by atoms with Gasteiger partial charge in [-0.3, -0.25) is 4.98 Å². The Morgan fingerprint density at radius 1 is 0.886 bits per heavy atom. The molecule has 4 heterocycles. The SMILES string of the molecule is CC.FC(F)(F)c1cc(Nc2nc(NC3CCOC3)nc(-c3cccc(C(F)(F)F)n3)n2)ccn1. The van der Waals surface area contributed by atoms with E-state index in [-0.39, 0.29) is 35.1 Å². The number of ether oxygens (including phenoxy) is 1. The monoisotopic (exact) mass is 501 g/mol. The van der Waals surface area contributed by atoms with E-state index >= 15 is 0 Å². The molecule has 35 heavy (non-hydrogen) atoms. The molecule has 4 rings (SSSR count). The van der Waals surface area contributed by atoms with Crippen LogP contribution in [0.4, 0.5) is 43.9 Å². The zero-order chi connectivity index (χ0) is 25.6. The summed E-state index contributed by atoms with van der Waals surface area (Å²) in [6.07, 6.45) is -7.75. The van der Waals surface area contributed by atoms with E-state index in [2.05, 4.69) is 35.6 Å². The van der Waals surface area contributed by atoms with Gasteiger partial charge in [0.2, 0.25) is 11.9 Å². The van der Waals surface area contributed by atoms with E-state index < -0.39 is 23.7 Å². The van der Waals surface area contributed by atoms with Crippen LogP contribution in [0, 0.1) is 0 Å². The molecule has 1 atom stereocenters. The summed E-state index contributed by atoms with van der Waals surface area (Å²) in [5, 5.41) is 5.60.